The maximum atomic E-state index is 6.39. The lowest BCUT2D eigenvalue weighted by Gasteiger charge is -2.44. The minimum absolute atomic E-state index is 0.195. The number of benzene rings is 3. The number of imidazole rings is 1. The van der Waals surface area contributed by atoms with Gasteiger partial charge in [-0.3, -0.25) is 4.48 Å². The first-order valence-electron chi connectivity index (χ1n) is 12.0. The highest BCUT2D eigenvalue weighted by atomic mass is 16.3. The molecule has 0 saturated carbocycles. The van der Waals surface area contributed by atoms with Gasteiger partial charge in [-0.1, -0.05) is 50.2 Å². The van der Waals surface area contributed by atoms with Crippen LogP contribution in [0.1, 0.15) is 48.1 Å². The van der Waals surface area contributed by atoms with Crippen molar-refractivity contribution in [3.8, 4) is 11.4 Å². The number of fused-ring (bicyclic) bond motifs is 7. The molecule has 2 atom stereocenters. The Morgan fingerprint density at radius 2 is 1.85 bits per heavy atom. The van der Waals surface area contributed by atoms with E-state index in [-0.39, 0.29) is 6.98 Å². The van der Waals surface area contributed by atoms with Gasteiger partial charge in [0.15, 0.2) is 0 Å². The first kappa shape index (κ1) is 18.0. The van der Waals surface area contributed by atoms with Crippen LogP contribution in [-0.4, -0.2) is 18.0 Å². The van der Waals surface area contributed by atoms with Crippen molar-refractivity contribution < 1.29 is 8.98 Å². The SMILES string of the molecule is Cc1cc2oc3ccccc3c2c2c1-c1n3c(c[n+]1C)C(C)c1cccc4c1B3N2CC4C. The van der Waals surface area contributed by atoms with Gasteiger partial charge in [-0.05, 0) is 41.7 Å². The highest BCUT2D eigenvalue weighted by Crippen LogP contribution is 2.50. The van der Waals surface area contributed by atoms with E-state index in [4.69, 9.17) is 4.42 Å². The van der Waals surface area contributed by atoms with E-state index >= 15 is 0 Å². The summed E-state index contributed by atoms with van der Waals surface area (Å²) in [5.41, 5.74) is 11.8. The molecule has 3 aromatic carbocycles. The monoisotopic (exact) mass is 430 g/mol. The van der Waals surface area contributed by atoms with Gasteiger partial charge in [0.2, 0.25) is 0 Å². The Balaban J connectivity index is 1.60. The predicted molar refractivity (Wildman–Crippen MR) is 134 cm³/mol. The molecule has 0 radical (unpaired) electrons. The lowest BCUT2D eigenvalue weighted by Crippen LogP contribution is -2.65. The van der Waals surface area contributed by atoms with Gasteiger partial charge in [0.1, 0.15) is 23.1 Å². The van der Waals surface area contributed by atoms with E-state index in [1.807, 2.05) is 0 Å². The van der Waals surface area contributed by atoms with Crippen LogP contribution in [0, 0.1) is 6.92 Å². The number of aromatic nitrogens is 2. The Hall–Kier alpha value is -3.47. The zero-order valence-electron chi connectivity index (χ0n) is 19.4. The summed E-state index contributed by atoms with van der Waals surface area (Å²) in [6, 6.07) is 17.7. The molecule has 4 nitrogen and oxygen atoms in total. The van der Waals surface area contributed by atoms with Crippen molar-refractivity contribution in [2.24, 2.45) is 7.05 Å². The van der Waals surface area contributed by atoms with Gasteiger partial charge < -0.3 is 9.23 Å². The molecule has 0 spiro atoms. The van der Waals surface area contributed by atoms with Crippen LogP contribution in [0.4, 0.5) is 5.69 Å². The van der Waals surface area contributed by atoms with Gasteiger partial charge in [-0.15, -0.1) is 0 Å². The minimum atomic E-state index is 0.195. The molecule has 33 heavy (non-hydrogen) atoms. The zero-order valence-corrected chi connectivity index (χ0v) is 19.4. The summed E-state index contributed by atoms with van der Waals surface area (Å²) in [7, 11) is 2.21. The Labute approximate surface area is 193 Å². The molecular formula is C28H25BN3O+. The molecule has 0 amide bonds. The second-order valence-electron chi connectivity index (χ2n) is 10.2. The van der Waals surface area contributed by atoms with Crippen LogP contribution in [0.15, 0.2) is 59.1 Å². The molecule has 3 aliphatic heterocycles. The molecule has 2 aromatic heterocycles. The molecule has 0 N–H and O–H groups in total. The molecule has 3 aliphatic rings. The summed E-state index contributed by atoms with van der Waals surface area (Å²) in [5, 5.41) is 2.47. The Kier molecular flexibility index (Phi) is 3.12. The van der Waals surface area contributed by atoms with Crippen molar-refractivity contribution in [3.05, 3.63) is 77.1 Å². The van der Waals surface area contributed by atoms with Gasteiger partial charge in [0.25, 0.3) is 5.82 Å². The molecule has 0 aliphatic carbocycles. The zero-order chi connectivity index (χ0) is 22.2. The second-order valence-corrected chi connectivity index (χ2v) is 10.2. The summed E-state index contributed by atoms with van der Waals surface area (Å²) >= 11 is 0. The van der Waals surface area contributed by atoms with Crippen molar-refractivity contribution in [2.45, 2.75) is 32.6 Å². The summed E-state index contributed by atoms with van der Waals surface area (Å²) < 4.78 is 11.4. The van der Waals surface area contributed by atoms with Gasteiger partial charge in [-0.2, -0.15) is 0 Å². The van der Waals surface area contributed by atoms with Crippen molar-refractivity contribution in [2.75, 3.05) is 11.4 Å². The van der Waals surface area contributed by atoms with Crippen LogP contribution in [0.3, 0.4) is 0 Å². The summed E-state index contributed by atoms with van der Waals surface area (Å²) in [6.45, 7) is 8.19. The number of para-hydroxylation sites is 1. The van der Waals surface area contributed by atoms with E-state index in [0.29, 0.717) is 11.8 Å². The fourth-order valence-electron chi connectivity index (χ4n) is 7.05. The Bertz CT molecular complexity index is 1680. The van der Waals surface area contributed by atoms with E-state index in [2.05, 4.69) is 96.4 Å². The van der Waals surface area contributed by atoms with Crippen molar-refractivity contribution in [3.63, 3.8) is 0 Å². The first-order valence-corrected chi connectivity index (χ1v) is 12.0. The third-order valence-corrected chi connectivity index (χ3v) is 8.40. The van der Waals surface area contributed by atoms with Crippen LogP contribution in [0.2, 0.25) is 0 Å². The smallest absolute Gasteiger partial charge is 0.456 e. The third-order valence-electron chi connectivity index (χ3n) is 8.40. The van der Waals surface area contributed by atoms with Crippen LogP contribution in [0.25, 0.3) is 33.3 Å². The first-order chi connectivity index (χ1) is 16.0. The van der Waals surface area contributed by atoms with E-state index in [9.17, 15) is 0 Å². The molecule has 0 saturated heterocycles. The van der Waals surface area contributed by atoms with Crippen LogP contribution < -0.4 is 14.8 Å². The quantitative estimate of drug-likeness (QED) is 0.260. The van der Waals surface area contributed by atoms with Crippen molar-refractivity contribution in [1.29, 1.82) is 0 Å². The average molecular weight is 430 g/mol. The van der Waals surface area contributed by atoms with Crippen molar-refractivity contribution >= 4 is 40.1 Å². The Morgan fingerprint density at radius 3 is 2.73 bits per heavy atom. The van der Waals surface area contributed by atoms with Gasteiger partial charge in [0.05, 0.1) is 23.7 Å². The fraction of sp³-hybridized carbons (Fsp3) is 0.250. The molecule has 160 valence electrons. The summed E-state index contributed by atoms with van der Waals surface area (Å²) in [6.07, 6.45) is 2.36. The standard InChI is InChI=1S/C28H25BN3O/c1-15-12-23-25(20-8-5-6-11-22(20)33-23)27-24(15)28-30(4)14-21-17(3)19-10-7-9-18-16(2)13-31(27)29(26(18)19)32(21)28/h5-12,14,16-17H,13H2,1-4H3/q+1. The molecule has 0 bridgehead atoms. The molecular weight excluding hydrogens is 405 g/mol. The number of rotatable bonds is 0. The lowest BCUT2D eigenvalue weighted by molar-refractivity contribution is -0.659. The van der Waals surface area contributed by atoms with E-state index in [1.165, 1.54) is 55.7 Å². The maximum Gasteiger partial charge on any atom is 0.538 e. The van der Waals surface area contributed by atoms with Crippen LogP contribution in [0.5, 0.6) is 0 Å². The van der Waals surface area contributed by atoms with Gasteiger partial charge in [0, 0.05) is 23.3 Å². The molecule has 5 heterocycles. The van der Waals surface area contributed by atoms with Gasteiger partial charge in [-0.25, -0.2) is 4.57 Å². The molecule has 2 unspecified atom stereocenters. The minimum Gasteiger partial charge on any atom is -0.456 e. The number of aryl methyl sites for hydroxylation is 2. The molecule has 0 fully saturated rings. The number of hydrogen-bond donors (Lipinski definition) is 0. The van der Waals surface area contributed by atoms with Crippen molar-refractivity contribution in [1.82, 2.24) is 4.48 Å². The molecule has 5 heteroatoms. The summed E-state index contributed by atoms with van der Waals surface area (Å²) in [4.78, 5) is 2.69. The van der Waals surface area contributed by atoms with Crippen LogP contribution >= 0.6 is 0 Å². The third kappa shape index (κ3) is 1.95. The number of hydrogen-bond acceptors (Lipinski definition) is 2. The summed E-state index contributed by atoms with van der Waals surface area (Å²) in [5.74, 6) is 2.16. The van der Waals surface area contributed by atoms with Crippen LogP contribution in [-0.2, 0) is 7.05 Å². The lowest BCUT2D eigenvalue weighted by atomic mass is 9.52. The number of nitrogens with zero attached hydrogens (tertiary/aromatic N) is 3. The predicted octanol–water partition coefficient (Wildman–Crippen LogP) is 4.83. The average Bonchev–Trinajstić information content (AvgIpc) is 3.35. The topological polar surface area (TPSA) is 25.2 Å². The van der Waals surface area contributed by atoms with Gasteiger partial charge >= 0.3 is 6.98 Å². The Morgan fingerprint density at radius 1 is 1.03 bits per heavy atom. The maximum absolute atomic E-state index is 6.39. The largest absolute Gasteiger partial charge is 0.538 e. The van der Waals surface area contributed by atoms with E-state index < -0.39 is 0 Å². The highest BCUT2D eigenvalue weighted by molar-refractivity contribution is 6.78. The number of furan rings is 1. The molecule has 8 rings (SSSR count). The number of anilines is 1. The normalized spacial score (nSPS) is 19.9. The van der Waals surface area contributed by atoms with E-state index in [1.54, 1.807) is 0 Å². The fourth-order valence-corrected chi connectivity index (χ4v) is 7.05. The second kappa shape index (κ2) is 5.71. The highest BCUT2D eigenvalue weighted by Gasteiger charge is 2.55. The molecule has 5 aromatic rings. The van der Waals surface area contributed by atoms with E-state index in [0.717, 1.165) is 17.7 Å².